The third-order valence-corrected chi connectivity index (χ3v) is 3.75. The Labute approximate surface area is 140 Å². The van der Waals surface area contributed by atoms with Gasteiger partial charge in [0, 0.05) is 19.3 Å². The third kappa shape index (κ3) is 3.35. The van der Waals surface area contributed by atoms with Gasteiger partial charge in [0.1, 0.15) is 17.1 Å². The van der Waals surface area contributed by atoms with E-state index < -0.39 is 5.97 Å². The predicted molar refractivity (Wildman–Crippen MR) is 89.0 cm³/mol. The summed E-state index contributed by atoms with van der Waals surface area (Å²) < 4.78 is 10.6. The normalized spacial score (nSPS) is 14.5. The Morgan fingerprint density at radius 1 is 1.29 bits per heavy atom. The van der Waals surface area contributed by atoms with Gasteiger partial charge in [0.15, 0.2) is 5.82 Å². The van der Waals surface area contributed by atoms with Crippen molar-refractivity contribution in [2.24, 2.45) is 0 Å². The zero-order chi connectivity index (χ0) is 16.9. The molecule has 3 heterocycles. The number of anilines is 1. The van der Waals surface area contributed by atoms with Crippen LogP contribution in [-0.2, 0) is 9.47 Å². The van der Waals surface area contributed by atoms with Crippen LogP contribution in [0.4, 0.5) is 5.82 Å². The summed E-state index contributed by atoms with van der Waals surface area (Å²) in [5.41, 5.74) is 1.68. The number of ether oxygens (including phenoxy) is 2. The second-order valence-electron chi connectivity index (χ2n) is 5.37. The van der Waals surface area contributed by atoms with E-state index in [1.54, 1.807) is 20.0 Å². The summed E-state index contributed by atoms with van der Waals surface area (Å²) >= 11 is 0. The number of esters is 1. The first kappa shape index (κ1) is 16.3. The maximum atomic E-state index is 12.4. The van der Waals surface area contributed by atoms with Crippen LogP contribution < -0.4 is 4.90 Å². The van der Waals surface area contributed by atoms with Crippen molar-refractivity contribution in [1.29, 1.82) is 0 Å². The van der Waals surface area contributed by atoms with Gasteiger partial charge >= 0.3 is 5.97 Å². The quantitative estimate of drug-likeness (QED) is 0.793. The van der Waals surface area contributed by atoms with Crippen LogP contribution in [0.5, 0.6) is 0 Å². The topological polar surface area (TPSA) is 77.4 Å². The molecule has 1 fully saturated rings. The van der Waals surface area contributed by atoms with Gasteiger partial charge in [-0.25, -0.2) is 14.8 Å². The summed E-state index contributed by atoms with van der Waals surface area (Å²) in [5.74, 6) is 0.691. The molecule has 0 radical (unpaired) electrons. The second-order valence-corrected chi connectivity index (χ2v) is 5.37. The fourth-order valence-electron chi connectivity index (χ4n) is 2.61. The lowest BCUT2D eigenvalue weighted by molar-refractivity contribution is 0.0524. The molecule has 0 unspecified atom stereocenters. The lowest BCUT2D eigenvalue weighted by Gasteiger charge is -2.29. The van der Waals surface area contributed by atoms with Crippen LogP contribution in [0.1, 0.15) is 23.0 Å². The van der Waals surface area contributed by atoms with E-state index in [0.717, 1.165) is 0 Å². The van der Waals surface area contributed by atoms with E-state index in [2.05, 4.69) is 15.0 Å². The number of aromatic nitrogens is 3. The first-order valence-electron chi connectivity index (χ1n) is 8.00. The van der Waals surface area contributed by atoms with Crippen LogP contribution in [0.2, 0.25) is 0 Å². The second kappa shape index (κ2) is 7.35. The van der Waals surface area contributed by atoms with E-state index >= 15 is 0 Å². The molecule has 0 N–H and O–H groups in total. The molecule has 24 heavy (non-hydrogen) atoms. The van der Waals surface area contributed by atoms with Crippen LogP contribution in [0.3, 0.4) is 0 Å². The van der Waals surface area contributed by atoms with E-state index in [9.17, 15) is 4.79 Å². The number of hydrogen-bond donors (Lipinski definition) is 0. The molecule has 0 aromatic carbocycles. The van der Waals surface area contributed by atoms with E-state index in [0.29, 0.717) is 61.5 Å². The van der Waals surface area contributed by atoms with Gasteiger partial charge in [-0.1, -0.05) is 6.07 Å². The third-order valence-electron chi connectivity index (χ3n) is 3.75. The molecule has 1 aliphatic heterocycles. The van der Waals surface area contributed by atoms with Crippen LogP contribution in [-0.4, -0.2) is 53.8 Å². The maximum absolute atomic E-state index is 12.4. The van der Waals surface area contributed by atoms with Crippen molar-refractivity contribution in [1.82, 2.24) is 15.0 Å². The monoisotopic (exact) mass is 328 g/mol. The summed E-state index contributed by atoms with van der Waals surface area (Å²) in [4.78, 5) is 27.8. The van der Waals surface area contributed by atoms with Crippen molar-refractivity contribution in [2.45, 2.75) is 13.8 Å². The van der Waals surface area contributed by atoms with Gasteiger partial charge in [-0.3, -0.25) is 4.98 Å². The SMILES string of the molecule is CCOC(=O)c1c(C)nc(-c2ccccn2)nc1N1CCOCC1. The summed E-state index contributed by atoms with van der Waals surface area (Å²) in [5, 5.41) is 0. The number of aryl methyl sites for hydroxylation is 1. The zero-order valence-electron chi connectivity index (χ0n) is 13.9. The first-order valence-corrected chi connectivity index (χ1v) is 8.00. The van der Waals surface area contributed by atoms with Crippen LogP contribution in [0.15, 0.2) is 24.4 Å². The molecule has 0 spiro atoms. The zero-order valence-corrected chi connectivity index (χ0v) is 13.9. The number of pyridine rings is 1. The van der Waals surface area contributed by atoms with Crippen molar-refractivity contribution in [2.75, 3.05) is 37.8 Å². The van der Waals surface area contributed by atoms with Gasteiger partial charge in [0.2, 0.25) is 0 Å². The van der Waals surface area contributed by atoms with Gasteiger partial charge in [-0.2, -0.15) is 0 Å². The number of morpholine rings is 1. The lowest BCUT2D eigenvalue weighted by atomic mass is 10.2. The Morgan fingerprint density at radius 2 is 2.08 bits per heavy atom. The van der Waals surface area contributed by atoms with Gasteiger partial charge in [-0.05, 0) is 26.0 Å². The molecule has 126 valence electrons. The molecule has 0 atom stereocenters. The Hall–Kier alpha value is -2.54. The Balaban J connectivity index is 2.09. The largest absolute Gasteiger partial charge is 0.462 e. The summed E-state index contributed by atoms with van der Waals surface area (Å²) in [6.45, 7) is 6.43. The number of carbonyl (C=O) groups is 1. The highest BCUT2D eigenvalue weighted by atomic mass is 16.5. The Bertz CT molecular complexity index is 715. The van der Waals surface area contributed by atoms with Crippen LogP contribution >= 0.6 is 0 Å². The van der Waals surface area contributed by atoms with Gasteiger partial charge < -0.3 is 14.4 Å². The van der Waals surface area contributed by atoms with Gasteiger partial charge in [0.05, 0.1) is 25.5 Å². The minimum atomic E-state index is -0.399. The lowest BCUT2D eigenvalue weighted by Crippen LogP contribution is -2.38. The standard InChI is InChI=1S/C17H20N4O3/c1-3-24-17(22)14-12(2)19-15(13-6-4-5-7-18-13)20-16(14)21-8-10-23-11-9-21/h4-7H,3,8-11H2,1-2H3. The van der Waals surface area contributed by atoms with E-state index in [-0.39, 0.29) is 0 Å². The first-order chi connectivity index (χ1) is 11.7. The van der Waals surface area contributed by atoms with E-state index in [1.165, 1.54) is 0 Å². The summed E-state index contributed by atoms with van der Waals surface area (Å²) in [7, 11) is 0. The van der Waals surface area contributed by atoms with Crippen molar-refractivity contribution in [3.8, 4) is 11.5 Å². The highest BCUT2D eigenvalue weighted by Crippen LogP contribution is 2.26. The van der Waals surface area contributed by atoms with E-state index in [1.807, 2.05) is 23.1 Å². The van der Waals surface area contributed by atoms with Gasteiger partial charge in [-0.15, -0.1) is 0 Å². The number of nitrogens with zero attached hydrogens (tertiary/aromatic N) is 4. The number of hydrogen-bond acceptors (Lipinski definition) is 7. The van der Waals surface area contributed by atoms with Crippen LogP contribution in [0.25, 0.3) is 11.5 Å². The minimum absolute atomic E-state index is 0.308. The molecule has 1 saturated heterocycles. The molecule has 0 aliphatic carbocycles. The molecule has 2 aromatic heterocycles. The predicted octanol–water partition coefficient (Wildman–Crippen LogP) is 1.86. The Morgan fingerprint density at radius 3 is 2.75 bits per heavy atom. The average molecular weight is 328 g/mol. The fourth-order valence-corrected chi connectivity index (χ4v) is 2.61. The van der Waals surface area contributed by atoms with Crippen molar-refractivity contribution >= 4 is 11.8 Å². The number of carbonyl (C=O) groups excluding carboxylic acids is 1. The fraction of sp³-hybridized carbons (Fsp3) is 0.412. The van der Waals surface area contributed by atoms with Crippen LogP contribution in [0, 0.1) is 6.92 Å². The summed E-state index contributed by atoms with van der Waals surface area (Å²) in [6, 6.07) is 5.57. The molecule has 1 aliphatic rings. The Kier molecular flexibility index (Phi) is 5.00. The minimum Gasteiger partial charge on any atom is -0.462 e. The molecule has 7 nitrogen and oxygen atoms in total. The molecule has 2 aromatic rings. The molecule has 0 amide bonds. The van der Waals surface area contributed by atoms with Crippen molar-refractivity contribution in [3.63, 3.8) is 0 Å². The number of rotatable bonds is 4. The van der Waals surface area contributed by atoms with Gasteiger partial charge in [0.25, 0.3) is 0 Å². The molecular weight excluding hydrogens is 308 g/mol. The highest BCUT2D eigenvalue weighted by molar-refractivity contribution is 5.96. The molecule has 3 rings (SSSR count). The smallest absolute Gasteiger partial charge is 0.343 e. The molecule has 7 heteroatoms. The van der Waals surface area contributed by atoms with Crippen molar-refractivity contribution < 1.29 is 14.3 Å². The average Bonchev–Trinajstić information content (AvgIpc) is 2.62. The molecule has 0 bridgehead atoms. The molecular formula is C17H20N4O3. The highest BCUT2D eigenvalue weighted by Gasteiger charge is 2.25. The molecule has 0 saturated carbocycles. The van der Waals surface area contributed by atoms with E-state index in [4.69, 9.17) is 9.47 Å². The maximum Gasteiger partial charge on any atom is 0.343 e. The van der Waals surface area contributed by atoms with Crippen molar-refractivity contribution in [3.05, 3.63) is 35.7 Å². The summed E-state index contributed by atoms with van der Waals surface area (Å²) in [6.07, 6.45) is 1.70.